The number of hydrogen-bond acceptors (Lipinski definition) is 5. The van der Waals surface area contributed by atoms with E-state index < -0.39 is 4.92 Å². The number of nitro groups is 1. The van der Waals surface area contributed by atoms with Gasteiger partial charge in [-0.2, -0.15) is 0 Å². The maximum Gasteiger partial charge on any atom is 0.269 e. The molecule has 0 spiro atoms. The van der Waals surface area contributed by atoms with Crippen LogP contribution in [0.4, 0.5) is 11.4 Å². The summed E-state index contributed by atoms with van der Waals surface area (Å²) in [7, 11) is 0. The third-order valence-electron chi connectivity index (χ3n) is 2.38. The third kappa shape index (κ3) is 3.41. The Morgan fingerprint density at radius 3 is 2.63 bits per heavy atom. The molecule has 0 fully saturated rings. The minimum Gasteiger partial charge on any atom is -0.456 e. The topological polar surface area (TPSA) is 77.3 Å². The van der Waals surface area contributed by atoms with E-state index in [1.807, 2.05) is 13.0 Å². The molecule has 0 radical (unpaired) electrons. The molecule has 19 heavy (non-hydrogen) atoms. The van der Waals surface area contributed by atoms with Crippen LogP contribution in [0.25, 0.3) is 0 Å². The molecule has 0 atom stereocenters. The Labute approximate surface area is 110 Å². The van der Waals surface area contributed by atoms with Gasteiger partial charge in [0, 0.05) is 24.7 Å². The largest absolute Gasteiger partial charge is 0.456 e. The summed E-state index contributed by atoms with van der Waals surface area (Å²) in [6.07, 6.45) is 3.29. The van der Waals surface area contributed by atoms with E-state index in [9.17, 15) is 10.1 Å². The molecule has 0 amide bonds. The highest BCUT2D eigenvalue weighted by molar-refractivity contribution is 5.46. The van der Waals surface area contributed by atoms with E-state index in [1.54, 1.807) is 24.5 Å². The maximum atomic E-state index is 10.5. The molecule has 1 aromatic heterocycles. The lowest BCUT2D eigenvalue weighted by Gasteiger charge is -2.07. The van der Waals surface area contributed by atoms with Crippen LogP contribution in [-0.2, 0) is 0 Å². The summed E-state index contributed by atoms with van der Waals surface area (Å²) in [6, 6.07) is 7.72. The first-order chi connectivity index (χ1) is 9.19. The van der Waals surface area contributed by atoms with Crippen LogP contribution in [0.5, 0.6) is 11.5 Å². The second kappa shape index (κ2) is 5.81. The fraction of sp³-hybridized carbons (Fsp3) is 0.154. The quantitative estimate of drug-likeness (QED) is 0.659. The second-order valence-electron chi connectivity index (χ2n) is 3.79. The molecule has 2 rings (SSSR count). The minimum atomic E-state index is -0.447. The number of nitrogens with one attached hydrogen (secondary N) is 1. The molecule has 0 aliphatic rings. The molecule has 1 N–H and O–H groups in total. The van der Waals surface area contributed by atoms with E-state index in [-0.39, 0.29) is 5.69 Å². The van der Waals surface area contributed by atoms with E-state index in [1.165, 1.54) is 12.1 Å². The van der Waals surface area contributed by atoms with Gasteiger partial charge in [-0.3, -0.25) is 15.1 Å². The number of nitrogens with zero attached hydrogens (tertiary/aromatic N) is 2. The van der Waals surface area contributed by atoms with Crippen LogP contribution in [0, 0.1) is 10.1 Å². The van der Waals surface area contributed by atoms with Gasteiger partial charge in [0.15, 0.2) is 0 Å². The van der Waals surface area contributed by atoms with E-state index in [4.69, 9.17) is 4.74 Å². The molecular weight excluding hydrogens is 246 g/mol. The van der Waals surface area contributed by atoms with Crippen LogP contribution in [0.3, 0.4) is 0 Å². The van der Waals surface area contributed by atoms with Crippen LogP contribution >= 0.6 is 0 Å². The first-order valence-electron chi connectivity index (χ1n) is 5.80. The van der Waals surface area contributed by atoms with E-state index in [0.29, 0.717) is 11.5 Å². The van der Waals surface area contributed by atoms with Crippen molar-refractivity contribution in [2.24, 2.45) is 0 Å². The molecular formula is C13H13N3O3. The minimum absolute atomic E-state index is 0.0341. The first-order valence-corrected chi connectivity index (χ1v) is 5.80. The van der Waals surface area contributed by atoms with Crippen molar-refractivity contribution in [3.8, 4) is 11.5 Å². The van der Waals surface area contributed by atoms with Crippen molar-refractivity contribution in [3.05, 3.63) is 52.8 Å². The Morgan fingerprint density at radius 2 is 2.00 bits per heavy atom. The van der Waals surface area contributed by atoms with Crippen molar-refractivity contribution in [1.82, 2.24) is 4.98 Å². The van der Waals surface area contributed by atoms with Crippen LogP contribution in [0.15, 0.2) is 42.7 Å². The zero-order valence-electron chi connectivity index (χ0n) is 10.4. The number of anilines is 1. The number of benzene rings is 1. The molecule has 98 valence electrons. The van der Waals surface area contributed by atoms with Crippen LogP contribution < -0.4 is 10.1 Å². The first kappa shape index (κ1) is 12.8. The fourth-order valence-corrected chi connectivity index (χ4v) is 1.55. The number of aromatic nitrogens is 1. The van der Waals surface area contributed by atoms with Crippen molar-refractivity contribution in [2.45, 2.75) is 6.92 Å². The van der Waals surface area contributed by atoms with Gasteiger partial charge >= 0.3 is 0 Å². The number of pyridine rings is 1. The van der Waals surface area contributed by atoms with Crippen LogP contribution in [-0.4, -0.2) is 16.5 Å². The summed E-state index contributed by atoms with van der Waals surface area (Å²) in [5.41, 5.74) is 0.897. The standard InChI is InChI=1S/C13H13N3O3/c1-2-15-10-7-13(9-14-8-10)19-12-5-3-11(4-6-12)16(17)18/h3-9,15H,2H2,1H3. The van der Waals surface area contributed by atoms with Gasteiger partial charge < -0.3 is 10.1 Å². The SMILES string of the molecule is CCNc1cncc(Oc2ccc([N+](=O)[O-])cc2)c1. The highest BCUT2D eigenvalue weighted by Crippen LogP contribution is 2.24. The van der Waals surface area contributed by atoms with Gasteiger partial charge in [-0.1, -0.05) is 0 Å². The van der Waals surface area contributed by atoms with Gasteiger partial charge in [0.2, 0.25) is 0 Å². The Balaban J connectivity index is 2.12. The number of ether oxygens (including phenoxy) is 1. The summed E-state index contributed by atoms with van der Waals surface area (Å²) in [4.78, 5) is 14.1. The lowest BCUT2D eigenvalue weighted by molar-refractivity contribution is -0.384. The van der Waals surface area contributed by atoms with Crippen LogP contribution in [0.2, 0.25) is 0 Å². The molecule has 0 aliphatic carbocycles. The Kier molecular flexibility index (Phi) is 3.92. The van der Waals surface area contributed by atoms with Gasteiger partial charge in [-0.25, -0.2) is 0 Å². The Hall–Kier alpha value is -2.63. The zero-order chi connectivity index (χ0) is 13.7. The Bertz CT molecular complexity index is 570. The zero-order valence-corrected chi connectivity index (χ0v) is 10.4. The summed E-state index contributed by atoms with van der Waals surface area (Å²) in [5, 5.41) is 13.7. The number of hydrogen-bond donors (Lipinski definition) is 1. The average molecular weight is 259 g/mol. The van der Waals surface area contributed by atoms with E-state index in [2.05, 4.69) is 10.3 Å². The predicted octanol–water partition coefficient (Wildman–Crippen LogP) is 3.21. The number of non-ortho nitro benzene ring substituents is 1. The van der Waals surface area contributed by atoms with Gasteiger partial charge in [-0.15, -0.1) is 0 Å². The van der Waals surface area contributed by atoms with Gasteiger partial charge in [0.05, 0.1) is 23.0 Å². The highest BCUT2D eigenvalue weighted by Gasteiger charge is 2.05. The second-order valence-corrected chi connectivity index (χ2v) is 3.79. The summed E-state index contributed by atoms with van der Waals surface area (Å²) < 4.78 is 5.57. The van der Waals surface area contributed by atoms with Gasteiger partial charge in [0.1, 0.15) is 11.5 Å². The van der Waals surface area contributed by atoms with Gasteiger partial charge in [0.25, 0.3) is 5.69 Å². The fourth-order valence-electron chi connectivity index (χ4n) is 1.55. The summed E-state index contributed by atoms with van der Waals surface area (Å²) >= 11 is 0. The molecule has 1 heterocycles. The lowest BCUT2D eigenvalue weighted by Crippen LogP contribution is -1.97. The molecule has 6 heteroatoms. The monoisotopic (exact) mass is 259 g/mol. The van der Waals surface area contributed by atoms with Crippen molar-refractivity contribution in [3.63, 3.8) is 0 Å². The normalized spacial score (nSPS) is 9.95. The van der Waals surface area contributed by atoms with Crippen molar-refractivity contribution in [1.29, 1.82) is 0 Å². The Morgan fingerprint density at radius 1 is 1.26 bits per heavy atom. The third-order valence-corrected chi connectivity index (χ3v) is 2.38. The molecule has 0 saturated heterocycles. The molecule has 0 aliphatic heterocycles. The maximum absolute atomic E-state index is 10.5. The number of nitro benzene ring substituents is 1. The van der Waals surface area contributed by atoms with Gasteiger partial charge in [-0.05, 0) is 19.1 Å². The molecule has 0 unspecified atom stereocenters. The lowest BCUT2D eigenvalue weighted by atomic mass is 10.3. The van der Waals surface area contributed by atoms with Crippen molar-refractivity contribution in [2.75, 3.05) is 11.9 Å². The van der Waals surface area contributed by atoms with E-state index in [0.717, 1.165) is 12.2 Å². The average Bonchev–Trinajstić information content (AvgIpc) is 2.40. The summed E-state index contributed by atoms with van der Waals surface area (Å²) in [5.74, 6) is 1.10. The van der Waals surface area contributed by atoms with E-state index >= 15 is 0 Å². The van der Waals surface area contributed by atoms with Crippen molar-refractivity contribution >= 4 is 11.4 Å². The summed E-state index contributed by atoms with van der Waals surface area (Å²) in [6.45, 7) is 2.78. The molecule has 6 nitrogen and oxygen atoms in total. The smallest absolute Gasteiger partial charge is 0.269 e. The van der Waals surface area contributed by atoms with Crippen LogP contribution in [0.1, 0.15) is 6.92 Å². The molecule has 0 bridgehead atoms. The molecule has 0 saturated carbocycles. The molecule has 1 aromatic carbocycles. The highest BCUT2D eigenvalue weighted by atomic mass is 16.6. The molecule has 2 aromatic rings. The van der Waals surface area contributed by atoms with Crippen molar-refractivity contribution < 1.29 is 9.66 Å². The number of rotatable bonds is 5. The predicted molar refractivity (Wildman–Crippen MR) is 71.6 cm³/mol.